The van der Waals surface area contributed by atoms with Crippen LogP contribution in [0.4, 0.5) is 0 Å². The van der Waals surface area contributed by atoms with Gasteiger partial charge in [-0.15, -0.1) is 0 Å². The van der Waals surface area contributed by atoms with E-state index < -0.39 is 6.10 Å². The topological polar surface area (TPSA) is 71.9 Å². The molecule has 0 aliphatic carbocycles. The van der Waals surface area contributed by atoms with Crippen molar-refractivity contribution in [1.82, 2.24) is 20.1 Å². The second-order valence-corrected chi connectivity index (χ2v) is 5.23. The summed E-state index contributed by atoms with van der Waals surface area (Å²) in [5.41, 5.74) is 1.04. The molecule has 2 rings (SSSR count). The highest BCUT2D eigenvalue weighted by molar-refractivity contribution is 7.71. The summed E-state index contributed by atoms with van der Waals surface area (Å²) in [5, 5.41) is 9.63. The van der Waals surface area contributed by atoms with Crippen molar-refractivity contribution in [3.63, 3.8) is 0 Å². The maximum absolute atomic E-state index is 12.0. The van der Waals surface area contributed by atoms with Gasteiger partial charge in [0.1, 0.15) is 6.10 Å². The summed E-state index contributed by atoms with van der Waals surface area (Å²) in [6.07, 6.45) is -0.530. The van der Waals surface area contributed by atoms with Crippen LogP contribution in [-0.2, 0) is 29.2 Å². The highest BCUT2D eigenvalue weighted by atomic mass is 32.1. The second-order valence-electron chi connectivity index (χ2n) is 4.85. The Kier molecular flexibility index (Phi) is 5.85. The number of carbonyl (C=O) groups excluding carboxylic acids is 1. The molecular weight excluding hydrogens is 300 g/mol. The third-order valence-corrected chi connectivity index (χ3v) is 3.60. The second kappa shape index (κ2) is 7.86. The lowest BCUT2D eigenvalue weighted by Gasteiger charge is -2.13. The fourth-order valence-corrected chi connectivity index (χ4v) is 2.27. The largest absolute Gasteiger partial charge is 0.364 e. The first-order valence-electron chi connectivity index (χ1n) is 7.19. The standard InChI is InChI=1S/C15H20N4O2S/c1-3-19-13(17-18-15(19)22)9-16-14(20)11(2)21-10-12-7-5-4-6-8-12/h4-8,11H,3,9-10H2,1-2H3,(H,16,20)(H,18,22). The molecule has 2 N–H and O–H groups in total. The maximum Gasteiger partial charge on any atom is 0.249 e. The summed E-state index contributed by atoms with van der Waals surface area (Å²) in [7, 11) is 0. The van der Waals surface area contributed by atoms with Crippen molar-refractivity contribution in [2.24, 2.45) is 0 Å². The predicted molar refractivity (Wildman–Crippen MR) is 85.6 cm³/mol. The van der Waals surface area contributed by atoms with E-state index in [-0.39, 0.29) is 5.91 Å². The molecule has 7 heteroatoms. The Hall–Kier alpha value is -1.99. The minimum Gasteiger partial charge on any atom is -0.364 e. The summed E-state index contributed by atoms with van der Waals surface area (Å²) in [5.74, 6) is 0.531. The van der Waals surface area contributed by atoms with E-state index in [0.717, 1.165) is 5.56 Å². The number of hydrogen-bond donors (Lipinski definition) is 2. The molecule has 1 aromatic heterocycles. The maximum atomic E-state index is 12.0. The van der Waals surface area contributed by atoms with Gasteiger partial charge in [0.15, 0.2) is 10.6 Å². The molecule has 1 unspecified atom stereocenters. The van der Waals surface area contributed by atoms with Gasteiger partial charge in [-0.1, -0.05) is 30.3 Å². The number of nitrogens with one attached hydrogen (secondary N) is 2. The van der Waals surface area contributed by atoms with E-state index in [0.29, 0.717) is 30.3 Å². The fourth-order valence-electron chi connectivity index (χ4n) is 1.99. The van der Waals surface area contributed by atoms with E-state index in [2.05, 4.69) is 15.5 Å². The Morgan fingerprint density at radius 2 is 2.18 bits per heavy atom. The zero-order valence-electron chi connectivity index (χ0n) is 12.7. The Morgan fingerprint density at radius 1 is 1.45 bits per heavy atom. The third-order valence-electron chi connectivity index (χ3n) is 3.29. The molecule has 0 spiro atoms. The smallest absolute Gasteiger partial charge is 0.249 e. The molecule has 6 nitrogen and oxygen atoms in total. The van der Waals surface area contributed by atoms with E-state index >= 15 is 0 Å². The van der Waals surface area contributed by atoms with Crippen LogP contribution >= 0.6 is 12.2 Å². The summed E-state index contributed by atoms with van der Waals surface area (Å²) in [6, 6.07) is 9.75. The molecule has 0 aliphatic rings. The van der Waals surface area contributed by atoms with Gasteiger partial charge in [-0.2, -0.15) is 5.10 Å². The van der Waals surface area contributed by atoms with E-state index in [1.807, 2.05) is 41.8 Å². The number of benzene rings is 1. The average Bonchev–Trinajstić information content (AvgIpc) is 2.91. The molecule has 0 radical (unpaired) electrons. The van der Waals surface area contributed by atoms with Crippen LogP contribution in [0, 0.1) is 4.77 Å². The Bertz CT molecular complexity index is 666. The van der Waals surface area contributed by atoms with E-state index in [9.17, 15) is 4.79 Å². The van der Waals surface area contributed by atoms with Crippen molar-refractivity contribution in [2.45, 2.75) is 39.6 Å². The predicted octanol–water partition coefficient (Wildman–Crippen LogP) is 2.18. The minimum atomic E-state index is -0.530. The van der Waals surface area contributed by atoms with Crippen LogP contribution in [0.1, 0.15) is 25.2 Å². The van der Waals surface area contributed by atoms with Crippen LogP contribution in [0.2, 0.25) is 0 Å². The molecule has 0 bridgehead atoms. The van der Waals surface area contributed by atoms with E-state index in [1.54, 1.807) is 6.92 Å². The molecule has 0 fully saturated rings. The van der Waals surface area contributed by atoms with Gasteiger partial charge >= 0.3 is 0 Å². The van der Waals surface area contributed by atoms with Gasteiger partial charge in [-0.3, -0.25) is 9.89 Å². The molecule has 0 aliphatic heterocycles. The number of aromatic amines is 1. The highest BCUT2D eigenvalue weighted by Gasteiger charge is 2.14. The van der Waals surface area contributed by atoms with Crippen LogP contribution in [-0.4, -0.2) is 26.8 Å². The van der Waals surface area contributed by atoms with Crippen molar-refractivity contribution >= 4 is 18.1 Å². The number of hydrogen-bond acceptors (Lipinski definition) is 4. The summed E-state index contributed by atoms with van der Waals surface area (Å²) in [4.78, 5) is 12.0. The number of ether oxygens (including phenoxy) is 1. The number of amides is 1. The van der Waals surface area contributed by atoms with E-state index in [1.165, 1.54) is 0 Å². The van der Waals surface area contributed by atoms with Crippen LogP contribution in [0.25, 0.3) is 0 Å². The van der Waals surface area contributed by atoms with Gasteiger partial charge in [0, 0.05) is 6.54 Å². The summed E-state index contributed by atoms with van der Waals surface area (Å²) < 4.78 is 7.97. The Labute approximate surface area is 134 Å². The van der Waals surface area contributed by atoms with Crippen LogP contribution in [0.15, 0.2) is 30.3 Å². The molecule has 1 aromatic carbocycles. The summed E-state index contributed by atoms with van der Waals surface area (Å²) >= 11 is 5.11. The molecule has 1 atom stereocenters. The Morgan fingerprint density at radius 3 is 2.86 bits per heavy atom. The lowest BCUT2D eigenvalue weighted by atomic mass is 10.2. The zero-order chi connectivity index (χ0) is 15.9. The lowest BCUT2D eigenvalue weighted by molar-refractivity contribution is -0.132. The van der Waals surface area contributed by atoms with Gasteiger partial charge < -0.3 is 14.6 Å². The van der Waals surface area contributed by atoms with Gasteiger partial charge in [-0.05, 0) is 31.6 Å². The molecule has 0 saturated heterocycles. The zero-order valence-corrected chi connectivity index (χ0v) is 13.5. The first kappa shape index (κ1) is 16.4. The number of aromatic nitrogens is 3. The minimum absolute atomic E-state index is 0.174. The molecule has 2 aromatic rings. The van der Waals surface area contributed by atoms with Crippen LogP contribution < -0.4 is 5.32 Å². The molecule has 0 saturated carbocycles. The van der Waals surface area contributed by atoms with Gasteiger partial charge in [0.05, 0.1) is 13.2 Å². The van der Waals surface area contributed by atoms with Gasteiger partial charge in [0.25, 0.3) is 0 Å². The van der Waals surface area contributed by atoms with Crippen molar-refractivity contribution in [3.8, 4) is 0 Å². The quantitative estimate of drug-likeness (QED) is 0.767. The number of nitrogens with zero attached hydrogens (tertiary/aromatic N) is 2. The van der Waals surface area contributed by atoms with Gasteiger partial charge in [0.2, 0.25) is 5.91 Å². The number of carbonyl (C=O) groups is 1. The summed E-state index contributed by atoms with van der Waals surface area (Å²) in [6.45, 7) is 5.14. The Balaban J connectivity index is 1.82. The van der Waals surface area contributed by atoms with E-state index in [4.69, 9.17) is 17.0 Å². The fraction of sp³-hybridized carbons (Fsp3) is 0.400. The van der Waals surface area contributed by atoms with Crippen molar-refractivity contribution in [2.75, 3.05) is 0 Å². The lowest BCUT2D eigenvalue weighted by Crippen LogP contribution is -2.34. The van der Waals surface area contributed by atoms with Crippen molar-refractivity contribution in [1.29, 1.82) is 0 Å². The van der Waals surface area contributed by atoms with Crippen molar-refractivity contribution < 1.29 is 9.53 Å². The SMILES string of the molecule is CCn1c(CNC(=O)C(C)OCc2ccccc2)n[nH]c1=S. The van der Waals surface area contributed by atoms with Crippen LogP contribution in [0.5, 0.6) is 0 Å². The average molecular weight is 320 g/mol. The first-order valence-corrected chi connectivity index (χ1v) is 7.60. The molecule has 1 amide bonds. The van der Waals surface area contributed by atoms with Crippen molar-refractivity contribution in [3.05, 3.63) is 46.5 Å². The third kappa shape index (κ3) is 4.25. The van der Waals surface area contributed by atoms with Crippen LogP contribution in [0.3, 0.4) is 0 Å². The molecule has 118 valence electrons. The highest BCUT2D eigenvalue weighted by Crippen LogP contribution is 2.04. The number of H-pyrrole nitrogens is 1. The molecule has 1 heterocycles. The molecule has 22 heavy (non-hydrogen) atoms. The monoisotopic (exact) mass is 320 g/mol. The van der Waals surface area contributed by atoms with Gasteiger partial charge in [-0.25, -0.2) is 0 Å². The molecular formula is C15H20N4O2S. The normalized spacial score (nSPS) is 12.1. The first-order chi connectivity index (χ1) is 10.6. The number of rotatable bonds is 7.